The number of hydrogen-bond donors (Lipinski definition) is 0. The molecule has 0 amide bonds. The van der Waals surface area contributed by atoms with Crippen LogP contribution in [0.2, 0.25) is 5.02 Å². The fourth-order valence-corrected chi connectivity index (χ4v) is 1.24. The van der Waals surface area contributed by atoms with E-state index in [1.807, 2.05) is 18.2 Å². The third-order valence-electron chi connectivity index (χ3n) is 1.78. The molecule has 0 atom stereocenters. The molecule has 0 bridgehead atoms. The van der Waals surface area contributed by atoms with Crippen LogP contribution in [0, 0.1) is 11.3 Å². The number of para-hydroxylation sites is 1. The van der Waals surface area contributed by atoms with Crippen molar-refractivity contribution in [1.82, 2.24) is 0 Å². The zero-order valence-corrected chi connectivity index (χ0v) is 8.63. The van der Waals surface area contributed by atoms with Gasteiger partial charge < -0.3 is 4.74 Å². The lowest BCUT2D eigenvalue weighted by Gasteiger charge is -2.06. The number of hydrogen-bond acceptors (Lipinski definition) is 2. The first-order valence-electron chi connectivity index (χ1n) is 4.59. The third-order valence-corrected chi connectivity index (χ3v) is 2.09. The van der Waals surface area contributed by atoms with Crippen LogP contribution in [0.1, 0.15) is 19.3 Å². The van der Waals surface area contributed by atoms with Crippen molar-refractivity contribution >= 4 is 11.6 Å². The molecular weight excluding hydrogens is 198 g/mol. The van der Waals surface area contributed by atoms with Gasteiger partial charge in [-0.15, -0.1) is 0 Å². The molecule has 0 radical (unpaired) electrons. The first-order chi connectivity index (χ1) is 6.84. The van der Waals surface area contributed by atoms with Gasteiger partial charge in [-0.2, -0.15) is 5.26 Å². The number of nitriles is 1. The van der Waals surface area contributed by atoms with E-state index >= 15 is 0 Å². The van der Waals surface area contributed by atoms with Gasteiger partial charge in [0.1, 0.15) is 5.75 Å². The van der Waals surface area contributed by atoms with Gasteiger partial charge >= 0.3 is 0 Å². The predicted octanol–water partition coefficient (Wildman–Crippen LogP) is 3.41. The minimum Gasteiger partial charge on any atom is -0.492 e. The zero-order valence-electron chi connectivity index (χ0n) is 7.87. The number of rotatable bonds is 5. The second-order valence-electron chi connectivity index (χ2n) is 2.89. The van der Waals surface area contributed by atoms with Crippen molar-refractivity contribution in [3.63, 3.8) is 0 Å². The predicted molar refractivity (Wildman–Crippen MR) is 56.4 cm³/mol. The molecule has 0 heterocycles. The Kier molecular flexibility index (Phi) is 4.88. The van der Waals surface area contributed by atoms with Gasteiger partial charge in [0.2, 0.25) is 0 Å². The maximum absolute atomic E-state index is 8.31. The van der Waals surface area contributed by atoms with Gasteiger partial charge in [-0.05, 0) is 25.0 Å². The second-order valence-corrected chi connectivity index (χ2v) is 3.30. The molecular formula is C11H12ClNO. The highest BCUT2D eigenvalue weighted by molar-refractivity contribution is 6.32. The van der Waals surface area contributed by atoms with Crippen molar-refractivity contribution in [2.75, 3.05) is 6.61 Å². The number of halogens is 1. The summed E-state index contributed by atoms with van der Waals surface area (Å²) in [5.41, 5.74) is 0. The molecule has 0 aliphatic heterocycles. The van der Waals surface area contributed by atoms with Gasteiger partial charge in [0.15, 0.2) is 0 Å². The average molecular weight is 210 g/mol. The summed E-state index contributed by atoms with van der Waals surface area (Å²) < 4.78 is 5.44. The normalized spacial score (nSPS) is 9.43. The van der Waals surface area contributed by atoms with Crippen LogP contribution in [0.15, 0.2) is 24.3 Å². The van der Waals surface area contributed by atoms with E-state index in [0.717, 1.165) is 12.8 Å². The molecule has 0 aliphatic rings. The lowest BCUT2D eigenvalue weighted by molar-refractivity contribution is 0.308. The van der Waals surface area contributed by atoms with Crippen LogP contribution in [-0.2, 0) is 0 Å². The molecule has 0 fully saturated rings. The maximum Gasteiger partial charge on any atom is 0.137 e. The van der Waals surface area contributed by atoms with Crippen LogP contribution >= 0.6 is 11.6 Å². The molecule has 1 aromatic carbocycles. The Morgan fingerprint density at radius 3 is 2.79 bits per heavy atom. The van der Waals surface area contributed by atoms with Gasteiger partial charge in [0, 0.05) is 6.42 Å². The van der Waals surface area contributed by atoms with E-state index in [2.05, 4.69) is 6.07 Å². The first-order valence-corrected chi connectivity index (χ1v) is 4.96. The van der Waals surface area contributed by atoms with E-state index in [-0.39, 0.29) is 0 Å². The van der Waals surface area contributed by atoms with Gasteiger partial charge in [-0.1, -0.05) is 23.7 Å². The Balaban J connectivity index is 2.25. The molecule has 1 rings (SSSR count). The molecule has 0 unspecified atom stereocenters. The van der Waals surface area contributed by atoms with E-state index in [0.29, 0.717) is 23.8 Å². The Bertz CT molecular complexity index is 319. The van der Waals surface area contributed by atoms with Crippen molar-refractivity contribution in [3.8, 4) is 11.8 Å². The van der Waals surface area contributed by atoms with Gasteiger partial charge in [0.25, 0.3) is 0 Å². The van der Waals surface area contributed by atoms with Crippen molar-refractivity contribution in [2.24, 2.45) is 0 Å². The van der Waals surface area contributed by atoms with Crippen LogP contribution in [0.25, 0.3) is 0 Å². The zero-order chi connectivity index (χ0) is 10.2. The Hall–Kier alpha value is -1.20. The van der Waals surface area contributed by atoms with Crippen LogP contribution in [0.5, 0.6) is 5.75 Å². The SMILES string of the molecule is N#CCCCCOc1ccccc1Cl. The minimum atomic E-state index is 0.589. The largest absolute Gasteiger partial charge is 0.492 e. The van der Waals surface area contributed by atoms with Crippen molar-refractivity contribution in [3.05, 3.63) is 29.3 Å². The molecule has 3 heteroatoms. The first kappa shape index (κ1) is 10.9. The molecule has 14 heavy (non-hydrogen) atoms. The monoisotopic (exact) mass is 209 g/mol. The molecule has 1 aromatic rings. The summed E-state index contributed by atoms with van der Waals surface area (Å²) in [5.74, 6) is 0.714. The highest BCUT2D eigenvalue weighted by Crippen LogP contribution is 2.23. The summed E-state index contributed by atoms with van der Waals surface area (Å²) in [5, 5.41) is 8.95. The highest BCUT2D eigenvalue weighted by atomic mass is 35.5. The number of benzene rings is 1. The summed E-state index contributed by atoms with van der Waals surface area (Å²) in [6.45, 7) is 0.616. The van der Waals surface area contributed by atoms with Crippen molar-refractivity contribution < 1.29 is 4.74 Å². The Labute approximate surface area is 89.1 Å². The average Bonchev–Trinajstić information content (AvgIpc) is 2.20. The van der Waals surface area contributed by atoms with Crippen molar-refractivity contribution in [1.29, 1.82) is 5.26 Å². The van der Waals surface area contributed by atoms with Gasteiger partial charge in [-0.25, -0.2) is 0 Å². The Morgan fingerprint density at radius 1 is 1.29 bits per heavy atom. The van der Waals surface area contributed by atoms with E-state index < -0.39 is 0 Å². The van der Waals surface area contributed by atoms with Crippen LogP contribution in [-0.4, -0.2) is 6.61 Å². The third kappa shape index (κ3) is 3.68. The second kappa shape index (κ2) is 6.28. The smallest absolute Gasteiger partial charge is 0.137 e. The summed E-state index contributed by atoms with van der Waals surface area (Å²) in [6, 6.07) is 9.49. The van der Waals surface area contributed by atoms with Gasteiger partial charge in [-0.3, -0.25) is 0 Å². The molecule has 0 N–H and O–H groups in total. The standard InChI is InChI=1S/C11H12ClNO/c12-10-6-2-3-7-11(10)14-9-5-1-4-8-13/h2-3,6-7H,1,4-5,9H2. The van der Waals surface area contributed by atoms with E-state index in [9.17, 15) is 0 Å². The van der Waals surface area contributed by atoms with Crippen LogP contribution < -0.4 is 4.74 Å². The molecule has 0 aromatic heterocycles. The van der Waals surface area contributed by atoms with E-state index in [1.165, 1.54) is 0 Å². The molecule has 0 saturated carbocycles. The van der Waals surface area contributed by atoms with Crippen LogP contribution in [0.3, 0.4) is 0 Å². The maximum atomic E-state index is 8.31. The van der Waals surface area contributed by atoms with Crippen molar-refractivity contribution in [2.45, 2.75) is 19.3 Å². The fourth-order valence-electron chi connectivity index (χ4n) is 1.05. The number of nitrogens with zero attached hydrogens (tertiary/aromatic N) is 1. The molecule has 0 spiro atoms. The molecule has 2 nitrogen and oxygen atoms in total. The van der Waals surface area contributed by atoms with Gasteiger partial charge in [0.05, 0.1) is 17.7 Å². The summed E-state index contributed by atoms with van der Waals surface area (Å²) in [6.07, 6.45) is 2.35. The summed E-state index contributed by atoms with van der Waals surface area (Å²) >= 11 is 5.89. The topological polar surface area (TPSA) is 33.0 Å². The lowest BCUT2D eigenvalue weighted by atomic mass is 10.2. The van der Waals surface area contributed by atoms with E-state index in [1.54, 1.807) is 6.07 Å². The Morgan fingerprint density at radius 2 is 2.07 bits per heavy atom. The fraction of sp³-hybridized carbons (Fsp3) is 0.364. The lowest BCUT2D eigenvalue weighted by Crippen LogP contribution is -1.97. The highest BCUT2D eigenvalue weighted by Gasteiger charge is 1.98. The molecule has 0 aliphatic carbocycles. The molecule has 0 saturated heterocycles. The summed E-state index contributed by atoms with van der Waals surface area (Å²) in [7, 11) is 0. The minimum absolute atomic E-state index is 0.589. The van der Waals surface area contributed by atoms with Crippen LogP contribution in [0.4, 0.5) is 0 Å². The summed E-state index contributed by atoms with van der Waals surface area (Å²) in [4.78, 5) is 0. The molecule has 74 valence electrons. The number of ether oxygens (including phenoxy) is 1. The quantitative estimate of drug-likeness (QED) is 0.697. The van der Waals surface area contributed by atoms with E-state index in [4.69, 9.17) is 21.6 Å². The number of unbranched alkanes of at least 4 members (excludes halogenated alkanes) is 2.